The quantitative estimate of drug-likeness (QED) is 0.788. The summed E-state index contributed by atoms with van der Waals surface area (Å²) in [4.78, 5) is 20.1. The minimum absolute atomic E-state index is 0.349. The zero-order valence-electron chi connectivity index (χ0n) is 9.87. The molecule has 7 heteroatoms. The lowest BCUT2D eigenvalue weighted by Gasteiger charge is -2.01. The molecule has 0 saturated heterocycles. The monoisotopic (exact) mass is 234 g/mol. The Morgan fingerprint density at radius 1 is 1.41 bits per heavy atom. The number of aromatic nitrogens is 6. The van der Waals surface area contributed by atoms with Gasteiger partial charge in [0.15, 0.2) is 5.82 Å². The summed E-state index contributed by atoms with van der Waals surface area (Å²) in [7, 11) is 0. The molecule has 0 aliphatic heterocycles. The van der Waals surface area contributed by atoms with Crippen molar-refractivity contribution in [2.45, 2.75) is 33.1 Å². The molecule has 0 saturated carbocycles. The van der Waals surface area contributed by atoms with Crippen LogP contribution < -0.4 is 0 Å². The van der Waals surface area contributed by atoms with Gasteiger partial charge in [-0.25, -0.2) is 14.8 Å². The van der Waals surface area contributed by atoms with Gasteiger partial charge in [-0.2, -0.15) is 14.5 Å². The molecule has 0 spiro atoms. The zero-order chi connectivity index (χ0) is 12.3. The maximum absolute atomic E-state index is 12.1. The van der Waals surface area contributed by atoms with E-state index < -0.39 is 0 Å². The van der Waals surface area contributed by atoms with E-state index in [0.29, 0.717) is 24.5 Å². The molecule has 2 aromatic rings. The van der Waals surface area contributed by atoms with E-state index in [1.807, 2.05) is 13.8 Å². The average molecular weight is 234 g/mol. The van der Waals surface area contributed by atoms with Crippen molar-refractivity contribution in [1.29, 1.82) is 0 Å². The number of nitrogens with zero attached hydrogens (tertiary/aromatic N) is 6. The molecule has 2 aromatic heterocycles. The standard InChI is InChI=1S/C10H14N6O/c1-3-5-9-13-8(4-2)14-16(9)10(17)15-7-11-6-12-15/h6-7H,3-5H2,1-2H3. The minimum atomic E-state index is -0.349. The van der Waals surface area contributed by atoms with E-state index >= 15 is 0 Å². The summed E-state index contributed by atoms with van der Waals surface area (Å²) >= 11 is 0. The molecule has 0 fully saturated rings. The largest absolute Gasteiger partial charge is 0.372 e. The second-order valence-electron chi connectivity index (χ2n) is 3.58. The van der Waals surface area contributed by atoms with Crippen LogP contribution in [0.3, 0.4) is 0 Å². The number of carbonyl (C=O) groups is 1. The predicted octanol–water partition coefficient (Wildman–Crippen LogP) is 0.901. The van der Waals surface area contributed by atoms with Crippen molar-refractivity contribution in [2.75, 3.05) is 0 Å². The first-order chi connectivity index (χ1) is 8.26. The smallest absolute Gasteiger partial charge is 0.243 e. The lowest BCUT2D eigenvalue weighted by Crippen LogP contribution is -2.23. The first-order valence-corrected chi connectivity index (χ1v) is 5.60. The molecular weight excluding hydrogens is 220 g/mol. The lowest BCUT2D eigenvalue weighted by atomic mass is 10.3. The molecule has 7 nitrogen and oxygen atoms in total. The van der Waals surface area contributed by atoms with Gasteiger partial charge in [-0.3, -0.25) is 0 Å². The van der Waals surface area contributed by atoms with Crippen molar-refractivity contribution in [3.05, 3.63) is 24.3 Å². The summed E-state index contributed by atoms with van der Waals surface area (Å²) in [5, 5.41) is 7.97. The minimum Gasteiger partial charge on any atom is -0.243 e. The fraction of sp³-hybridized carbons (Fsp3) is 0.500. The van der Waals surface area contributed by atoms with Crippen LogP contribution in [0, 0.1) is 0 Å². The van der Waals surface area contributed by atoms with Gasteiger partial charge in [-0.05, 0) is 6.42 Å². The number of hydrogen-bond acceptors (Lipinski definition) is 5. The topological polar surface area (TPSA) is 78.5 Å². The summed E-state index contributed by atoms with van der Waals surface area (Å²) in [6.07, 6.45) is 4.99. The van der Waals surface area contributed by atoms with Crippen LogP contribution in [-0.2, 0) is 12.8 Å². The van der Waals surface area contributed by atoms with Crippen molar-refractivity contribution in [3.63, 3.8) is 0 Å². The van der Waals surface area contributed by atoms with Crippen LogP contribution in [0.5, 0.6) is 0 Å². The third-order valence-corrected chi connectivity index (χ3v) is 2.30. The SMILES string of the molecule is CCCc1nc(CC)nn1C(=O)n1cncn1. The van der Waals surface area contributed by atoms with E-state index in [1.165, 1.54) is 17.3 Å². The molecule has 0 amide bonds. The third kappa shape index (κ3) is 2.22. The second kappa shape index (κ2) is 4.86. The fourth-order valence-electron chi connectivity index (χ4n) is 1.48. The van der Waals surface area contributed by atoms with Gasteiger partial charge in [-0.1, -0.05) is 13.8 Å². The Morgan fingerprint density at radius 2 is 2.24 bits per heavy atom. The molecule has 0 aliphatic carbocycles. The van der Waals surface area contributed by atoms with E-state index in [9.17, 15) is 4.79 Å². The van der Waals surface area contributed by atoms with Gasteiger partial charge >= 0.3 is 6.03 Å². The summed E-state index contributed by atoms with van der Waals surface area (Å²) in [5.74, 6) is 1.34. The van der Waals surface area contributed by atoms with Crippen LogP contribution in [0.15, 0.2) is 12.7 Å². The van der Waals surface area contributed by atoms with Gasteiger partial charge in [0.1, 0.15) is 18.5 Å². The van der Waals surface area contributed by atoms with Gasteiger partial charge in [-0.15, -0.1) is 5.10 Å². The van der Waals surface area contributed by atoms with E-state index in [1.54, 1.807) is 0 Å². The van der Waals surface area contributed by atoms with Crippen LogP contribution >= 0.6 is 0 Å². The predicted molar refractivity (Wildman–Crippen MR) is 59.6 cm³/mol. The Kier molecular flexibility index (Phi) is 3.27. The number of aryl methyl sites for hydroxylation is 2. The Bertz CT molecular complexity index is 501. The van der Waals surface area contributed by atoms with Crippen LogP contribution in [0.2, 0.25) is 0 Å². The first kappa shape index (κ1) is 11.4. The highest BCUT2D eigenvalue weighted by Gasteiger charge is 2.16. The summed E-state index contributed by atoms with van der Waals surface area (Å²) in [5.41, 5.74) is 0. The van der Waals surface area contributed by atoms with Gasteiger partial charge in [0.2, 0.25) is 0 Å². The van der Waals surface area contributed by atoms with Gasteiger partial charge in [0, 0.05) is 12.8 Å². The van der Waals surface area contributed by atoms with Crippen molar-refractivity contribution in [2.24, 2.45) is 0 Å². The highest BCUT2D eigenvalue weighted by Crippen LogP contribution is 2.04. The Balaban J connectivity index is 2.36. The van der Waals surface area contributed by atoms with Crippen LogP contribution in [0.4, 0.5) is 4.79 Å². The highest BCUT2D eigenvalue weighted by molar-refractivity contribution is 5.77. The molecule has 0 unspecified atom stereocenters. The third-order valence-electron chi connectivity index (χ3n) is 2.30. The second-order valence-corrected chi connectivity index (χ2v) is 3.58. The summed E-state index contributed by atoms with van der Waals surface area (Å²) in [6.45, 7) is 3.99. The molecule has 0 atom stereocenters. The number of rotatable bonds is 3. The highest BCUT2D eigenvalue weighted by atomic mass is 16.2. The molecule has 17 heavy (non-hydrogen) atoms. The number of carbonyl (C=O) groups excluding carboxylic acids is 1. The van der Waals surface area contributed by atoms with Crippen LogP contribution in [0.1, 0.15) is 31.9 Å². The van der Waals surface area contributed by atoms with E-state index in [0.717, 1.165) is 11.1 Å². The Morgan fingerprint density at radius 3 is 2.82 bits per heavy atom. The van der Waals surface area contributed by atoms with Crippen LogP contribution in [0.25, 0.3) is 0 Å². The van der Waals surface area contributed by atoms with E-state index in [4.69, 9.17) is 0 Å². The molecule has 0 radical (unpaired) electrons. The summed E-state index contributed by atoms with van der Waals surface area (Å²) in [6, 6.07) is -0.349. The molecule has 0 bridgehead atoms. The molecule has 2 rings (SSSR count). The van der Waals surface area contributed by atoms with Crippen molar-refractivity contribution < 1.29 is 4.79 Å². The molecule has 0 N–H and O–H groups in total. The maximum Gasteiger partial charge on any atom is 0.372 e. The van der Waals surface area contributed by atoms with Crippen LogP contribution in [-0.4, -0.2) is 35.6 Å². The number of hydrogen-bond donors (Lipinski definition) is 0. The van der Waals surface area contributed by atoms with Gasteiger partial charge in [0.05, 0.1) is 0 Å². The Hall–Kier alpha value is -2.05. The van der Waals surface area contributed by atoms with E-state index in [2.05, 4.69) is 20.2 Å². The Labute approximate surface area is 98.5 Å². The zero-order valence-corrected chi connectivity index (χ0v) is 9.87. The normalized spacial score (nSPS) is 10.7. The van der Waals surface area contributed by atoms with Crippen molar-refractivity contribution in [3.8, 4) is 0 Å². The maximum atomic E-state index is 12.1. The molecule has 90 valence electrons. The molecule has 2 heterocycles. The fourth-order valence-corrected chi connectivity index (χ4v) is 1.48. The van der Waals surface area contributed by atoms with Gasteiger partial charge < -0.3 is 0 Å². The molecule has 0 aromatic carbocycles. The van der Waals surface area contributed by atoms with Crippen molar-refractivity contribution in [1.82, 2.24) is 29.5 Å². The van der Waals surface area contributed by atoms with E-state index in [-0.39, 0.29) is 6.03 Å². The lowest BCUT2D eigenvalue weighted by molar-refractivity contribution is 0.237. The van der Waals surface area contributed by atoms with Gasteiger partial charge in [0.25, 0.3) is 0 Å². The molecular formula is C10H14N6O. The average Bonchev–Trinajstić information content (AvgIpc) is 2.97. The van der Waals surface area contributed by atoms with Crippen molar-refractivity contribution >= 4 is 6.03 Å². The summed E-state index contributed by atoms with van der Waals surface area (Å²) < 4.78 is 2.45. The first-order valence-electron chi connectivity index (χ1n) is 5.60. The molecule has 0 aliphatic rings.